The van der Waals surface area contributed by atoms with Crippen LogP contribution in [0.3, 0.4) is 0 Å². The Balaban J connectivity index is 1.62. The number of likely N-dealkylation sites (N-methyl/N-ethyl adjacent to an activating group) is 1. The summed E-state index contributed by atoms with van der Waals surface area (Å²) in [4.78, 5) is 29.0. The Hall–Kier alpha value is -3.55. The molecule has 1 N–H and O–H groups in total. The van der Waals surface area contributed by atoms with Gasteiger partial charge in [-0.2, -0.15) is 4.98 Å². The predicted molar refractivity (Wildman–Crippen MR) is 123 cm³/mol. The third kappa shape index (κ3) is 3.81. The minimum atomic E-state index is -0.299. The Kier molecular flexibility index (Phi) is 5.54. The maximum Gasteiger partial charge on any atom is 0.282 e. The first-order chi connectivity index (χ1) is 14.9. The number of aromatic amines is 1. The van der Waals surface area contributed by atoms with Crippen molar-refractivity contribution in [3.05, 3.63) is 57.4 Å². The van der Waals surface area contributed by atoms with Crippen LogP contribution in [0.5, 0.6) is 11.5 Å². The van der Waals surface area contributed by atoms with Gasteiger partial charge >= 0.3 is 0 Å². The molecule has 0 bridgehead atoms. The molecule has 162 valence electrons. The van der Waals surface area contributed by atoms with Gasteiger partial charge in [0.25, 0.3) is 5.56 Å². The van der Waals surface area contributed by atoms with Gasteiger partial charge in [0.2, 0.25) is 5.95 Å². The summed E-state index contributed by atoms with van der Waals surface area (Å²) in [5, 5.41) is 0.501. The van der Waals surface area contributed by atoms with Crippen molar-refractivity contribution < 1.29 is 9.47 Å². The number of hydrogen-bond acceptors (Lipinski definition) is 7. The van der Waals surface area contributed by atoms with Crippen molar-refractivity contribution in [2.45, 2.75) is 13.5 Å². The summed E-state index contributed by atoms with van der Waals surface area (Å²) >= 11 is 0. The number of benzene rings is 2. The third-order valence-electron chi connectivity index (χ3n) is 5.63. The summed E-state index contributed by atoms with van der Waals surface area (Å²) in [5.74, 6) is 2.63. The van der Waals surface area contributed by atoms with Gasteiger partial charge in [0.05, 0.1) is 31.7 Å². The van der Waals surface area contributed by atoms with E-state index in [1.54, 1.807) is 20.3 Å². The van der Waals surface area contributed by atoms with E-state index in [9.17, 15) is 4.79 Å². The SMILES string of the molecule is COc1cc2[nH]c(N(C)Cc3ccc(C4=NCCN4C)cc3)nc(=O)c2c(C)c1OC. The first-order valence-corrected chi connectivity index (χ1v) is 10.1. The zero-order valence-corrected chi connectivity index (χ0v) is 18.5. The largest absolute Gasteiger partial charge is 0.493 e. The van der Waals surface area contributed by atoms with E-state index in [0.29, 0.717) is 40.5 Å². The van der Waals surface area contributed by atoms with E-state index in [-0.39, 0.29) is 5.56 Å². The van der Waals surface area contributed by atoms with E-state index in [1.807, 2.05) is 18.9 Å². The molecule has 1 aliphatic heterocycles. The number of nitrogens with one attached hydrogen (secondary N) is 1. The lowest BCUT2D eigenvalue weighted by molar-refractivity contribution is 0.354. The first kappa shape index (κ1) is 20.7. The van der Waals surface area contributed by atoms with E-state index < -0.39 is 0 Å². The van der Waals surface area contributed by atoms with Gasteiger partial charge in [-0.25, -0.2) is 0 Å². The second-order valence-electron chi connectivity index (χ2n) is 7.71. The molecule has 0 amide bonds. The topological polar surface area (TPSA) is 83.0 Å². The van der Waals surface area contributed by atoms with E-state index in [2.05, 4.69) is 51.2 Å². The fourth-order valence-corrected chi connectivity index (χ4v) is 3.98. The zero-order valence-electron chi connectivity index (χ0n) is 18.5. The number of aromatic nitrogens is 2. The second-order valence-corrected chi connectivity index (χ2v) is 7.71. The minimum absolute atomic E-state index is 0.299. The number of hydrogen-bond donors (Lipinski definition) is 1. The molecule has 1 aliphatic rings. The van der Waals surface area contributed by atoms with Crippen molar-refractivity contribution >= 4 is 22.7 Å². The maximum atomic E-state index is 12.8. The molecule has 2 heterocycles. The van der Waals surface area contributed by atoms with Crippen molar-refractivity contribution in [1.82, 2.24) is 14.9 Å². The molecular weight excluding hydrogens is 394 g/mol. The summed E-state index contributed by atoms with van der Waals surface area (Å²) in [6.45, 7) is 4.23. The van der Waals surface area contributed by atoms with Gasteiger partial charge < -0.3 is 24.3 Å². The normalized spacial score (nSPS) is 13.5. The highest BCUT2D eigenvalue weighted by Crippen LogP contribution is 2.35. The number of nitrogens with zero attached hydrogens (tertiary/aromatic N) is 4. The average Bonchev–Trinajstić information content (AvgIpc) is 3.19. The third-order valence-corrected chi connectivity index (χ3v) is 5.63. The lowest BCUT2D eigenvalue weighted by Gasteiger charge is -2.20. The lowest BCUT2D eigenvalue weighted by atomic mass is 10.1. The van der Waals surface area contributed by atoms with Crippen molar-refractivity contribution in [3.8, 4) is 11.5 Å². The molecule has 0 unspecified atom stereocenters. The second kappa shape index (κ2) is 8.29. The van der Waals surface area contributed by atoms with E-state index >= 15 is 0 Å². The number of aliphatic imine (C=N–C) groups is 1. The maximum absolute atomic E-state index is 12.8. The smallest absolute Gasteiger partial charge is 0.282 e. The molecule has 0 radical (unpaired) electrons. The molecule has 0 atom stereocenters. The van der Waals surface area contributed by atoms with E-state index in [1.165, 1.54) is 0 Å². The van der Waals surface area contributed by atoms with Gasteiger partial charge in [-0.3, -0.25) is 9.79 Å². The van der Waals surface area contributed by atoms with Crippen LogP contribution in [0.4, 0.5) is 5.95 Å². The number of rotatable bonds is 6. The molecule has 0 fully saturated rings. The number of aryl methyl sites for hydroxylation is 1. The molecule has 2 aromatic carbocycles. The van der Waals surface area contributed by atoms with Gasteiger partial charge in [0, 0.05) is 44.4 Å². The van der Waals surface area contributed by atoms with E-state index in [0.717, 1.165) is 30.1 Å². The summed E-state index contributed by atoms with van der Waals surface area (Å²) in [6, 6.07) is 10.1. The van der Waals surface area contributed by atoms with Gasteiger partial charge in [-0.05, 0) is 12.5 Å². The van der Waals surface area contributed by atoms with Crippen LogP contribution in [0, 0.1) is 6.92 Å². The molecule has 0 spiro atoms. The standard InChI is InChI=1S/C23H27N5O3/c1-14-19-17(12-18(30-4)20(14)31-5)25-23(26-22(19)29)28(3)13-15-6-8-16(9-7-15)21-24-10-11-27(21)2/h6-9,12H,10-11,13H2,1-5H3,(H,25,26,29). The molecule has 0 saturated carbocycles. The van der Waals surface area contributed by atoms with Gasteiger partial charge in [0.1, 0.15) is 5.84 Å². The molecule has 4 rings (SSSR count). The Morgan fingerprint density at radius 2 is 1.94 bits per heavy atom. The molecule has 31 heavy (non-hydrogen) atoms. The molecule has 3 aromatic rings. The Morgan fingerprint density at radius 1 is 1.19 bits per heavy atom. The molecule has 0 aliphatic carbocycles. The van der Waals surface area contributed by atoms with Crippen LogP contribution in [0.15, 0.2) is 40.1 Å². The van der Waals surface area contributed by atoms with Gasteiger partial charge in [-0.1, -0.05) is 24.3 Å². The van der Waals surface area contributed by atoms with E-state index in [4.69, 9.17) is 9.47 Å². The minimum Gasteiger partial charge on any atom is -0.493 e. The molecular formula is C23H27N5O3. The van der Waals surface area contributed by atoms with Crippen LogP contribution >= 0.6 is 0 Å². The van der Waals surface area contributed by atoms with Crippen LogP contribution in [0.1, 0.15) is 16.7 Å². The number of anilines is 1. The number of amidine groups is 1. The first-order valence-electron chi connectivity index (χ1n) is 10.1. The van der Waals surface area contributed by atoms with Crippen molar-refractivity contribution in [3.63, 3.8) is 0 Å². The highest BCUT2D eigenvalue weighted by Gasteiger charge is 2.18. The predicted octanol–water partition coefficient (Wildman–Crippen LogP) is 2.58. The Bertz CT molecular complexity index is 1200. The Labute approximate surface area is 181 Å². The lowest BCUT2D eigenvalue weighted by Crippen LogP contribution is -2.24. The molecule has 1 aromatic heterocycles. The number of methoxy groups -OCH3 is 2. The summed E-state index contributed by atoms with van der Waals surface area (Å²) < 4.78 is 10.8. The summed E-state index contributed by atoms with van der Waals surface area (Å²) in [6.07, 6.45) is 0. The van der Waals surface area contributed by atoms with Crippen LogP contribution in [0.2, 0.25) is 0 Å². The molecule has 8 nitrogen and oxygen atoms in total. The fraction of sp³-hybridized carbons (Fsp3) is 0.348. The van der Waals surface area contributed by atoms with Crippen LogP contribution in [-0.4, -0.2) is 62.1 Å². The highest BCUT2D eigenvalue weighted by molar-refractivity contribution is 5.99. The van der Waals surface area contributed by atoms with Crippen molar-refractivity contribution in [2.24, 2.45) is 4.99 Å². The fourth-order valence-electron chi connectivity index (χ4n) is 3.98. The number of ether oxygens (including phenoxy) is 2. The van der Waals surface area contributed by atoms with Crippen molar-refractivity contribution in [2.75, 3.05) is 46.3 Å². The highest BCUT2D eigenvalue weighted by atomic mass is 16.5. The average molecular weight is 422 g/mol. The number of fused-ring (bicyclic) bond motifs is 1. The quantitative estimate of drug-likeness (QED) is 0.659. The number of H-pyrrole nitrogens is 1. The molecule has 8 heteroatoms. The zero-order chi connectivity index (χ0) is 22.1. The van der Waals surface area contributed by atoms with Gasteiger partial charge in [0.15, 0.2) is 11.5 Å². The van der Waals surface area contributed by atoms with Crippen molar-refractivity contribution in [1.29, 1.82) is 0 Å². The summed E-state index contributed by atoms with van der Waals surface area (Å²) in [5.41, 5.74) is 3.29. The van der Waals surface area contributed by atoms with Crippen LogP contribution in [0.25, 0.3) is 10.9 Å². The van der Waals surface area contributed by atoms with Gasteiger partial charge in [-0.15, -0.1) is 0 Å². The molecule has 0 saturated heterocycles. The summed E-state index contributed by atoms with van der Waals surface area (Å²) in [7, 11) is 7.10. The Morgan fingerprint density at radius 3 is 2.55 bits per heavy atom. The van der Waals surface area contributed by atoms with Crippen LogP contribution in [-0.2, 0) is 6.54 Å². The van der Waals surface area contributed by atoms with Crippen LogP contribution < -0.4 is 19.9 Å². The monoisotopic (exact) mass is 421 g/mol.